The number of aromatic nitrogens is 2. The molecule has 1 N–H and O–H groups in total. The summed E-state index contributed by atoms with van der Waals surface area (Å²) in [7, 11) is 0. The summed E-state index contributed by atoms with van der Waals surface area (Å²) in [5, 5.41) is 12.6. The summed E-state index contributed by atoms with van der Waals surface area (Å²) in [5.74, 6) is 0.961. The van der Waals surface area contributed by atoms with E-state index in [4.69, 9.17) is 4.74 Å². The highest BCUT2D eigenvalue weighted by molar-refractivity contribution is 7.15. The number of hydrogen-bond acceptors (Lipinski definition) is 6. The molecule has 28 heavy (non-hydrogen) atoms. The van der Waals surface area contributed by atoms with Gasteiger partial charge in [0, 0.05) is 24.6 Å². The Kier molecular flexibility index (Phi) is 5.85. The molecule has 1 aromatic heterocycles. The Labute approximate surface area is 168 Å². The zero-order chi connectivity index (χ0) is 19.3. The standard InChI is InChI=1S/C20H24N4O3S/c25-17(21-20-23-22-19(28-20)14-5-2-1-3-6-14)13-27-16-10-8-15(9-11-16)24-12-4-7-18(24)26/h8-11,14H,1-7,12-13H2,(H,21,23,25). The molecular formula is C20H24N4O3S. The predicted octanol–water partition coefficient (Wildman–Crippen LogP) is 3.73. The van der Waals surface area contributed by atoms with Crippen LogP contribution in [0, 0.1) is 0 Å². The van der Waals surface area contributed by atoms with Crippen molar-refractivity contribution in [2.45, 2.75) is 50.9 Å². The molecule has 2 amide bonds. The normalized spacial score (nSPS) is 17.7. The number of nitrogens with one attached hydrogen (secondary N) is 1. The third-order valence-corrected chi connectivity index (χ3v) is 6.23. The predicted molar refractivity (Wildman–Crippen MR) is 108 cm³/mol. The monoisotopic (exact) mass is 400 g/mol. The molecule has 148 valence electrons. The molecule has 0 radical (unpaired) electrons. The maximum atomic E-state index is 12.1. The first-order valence-electron chi connectivity index (χ1n) is 9.85. The molecule has 1 aromatic carbocycles. The number of amides is 2. The van der Waals surface area contributed by atoms with Crippen molar-refractivity contribution in [1.29, 1.82) is 0 Å². The maximum Gasteiger partial charge on any atom is 0.264 e. The van der Waals surface area contributed by atoms with Gasteiger partial charge in [0.05, 0.1) is 0 Å². The van der Waals surface area contributed by atoms with Gasteiger partial charge in [0.15, 0.2) is 6.61 Å². The average Bonchev–Trinajstić information content (AvgIpc) is 3.36. The summed E-state index contributed by atoms with van der Waals surface area (Å²) in [6, 6.07) is 7.25. The number of carbonyl (C=O) groups excluding carboxylic acids is 2. The summed E-state index contributed by atoms with van der Waals surface area (Å²) < 4.78 is 5.55. The van der Waals surface area contributed by atoms with Crippen LogP contribution in [0.3, 0.4) is 0 Å². The fourth-order valence-electron chi connectivity index (χ4n) is 3.75. The highest BCUT2D eigenvalue weighted by Gasteiger charge is 2.22. The lowest BCUT2D eigenvalue weighted by molar-refractivity contribution is -0.118. The van der Waals surface area contributed by atoms with Crippen molar-refractivity contribution in [3.8, 4) is 5.75 Å². The molecule has 0 unspecified atom stereocenters. The van der Waals surface area contributed by atoms with Crippen LogP contribution in [0.5, 0.6) is 5.75 Å². The number of carbonyl (C=O) groups is 2. The quantitative estimate of drug-likeness (QED) is 0.799. The zero-order valence-electron chi connectivity index (χ0n) is 15.7. The lowest BCUT2D eigenvalue weighted by atomic mass is 9.90. The SMILES string of the molecule is O=C(COc1ccc(N2CCCC2=O)cc1)Nc1nnc(C2CCCCC2)s1. The molecule has 7 nitrogen and oxygen atoms in total. The number of anilines is 2. The van der Waals surface area contributed by atoms with Gasteiger partial charge in [-0.15, -0.1) is 10.2 Å². The van der Waals surface area contributed by atoms with E-state index in [0.717, 1.165) is 36.5 Å². The molecule has 1 saturated carbocycles. The Balaban J connectivity index is 1.26. The van der Waals surface area contributed by atoms with Crippen LogP contribution in [0.4, 0.5) is 10.8 Å². The highest BCUT2D eigenvalue weighted by Crippen LogP contribution is 2.35. The smallest absolute Gasteiger partial charge is 0.264 e. The number of ether oxygens (including phenoxy) is 1. The zero-order valence-corrected chi connectivity index (χ0v) is 16.5. The molecule has 1 aliphatic carbocycles. The van der Waals surface area contributed by atoms with Gasteiger partial charge in [-0.25, -0.2) is 0 Å². The third-order valence-electron chi connectivity index (χ3n) is 5.23. The van der Waals surface area contributed by atoms with Crippen molar-refractivity contribution in [1.82, 2.24) is 10.2 Å². The number of hydrogen-bond donors (Lipinski definition) is 1. The van der Waals surface area contributed by atoms with Crippen LogP contribution in [-0.2, 0) is 9.59 Å². The van der Waals surface area contributed by atoms with Crippen molar-refractivity contribution >= 4 is 34.0 Å². The van der Waals surface area contributed by atoms with Gasteiger partial charge >= 0.3 is 0 Å². The van der Waals surface area contributed by atoms with Gasteiger partial charge in [0.2, 0.25) is 11.0 Å². The number of benzene rings is 1. The van der Waals surface area contributed by atoms with Crippen LogP contribution >= 0.6 is 11.3 Å². The Morgan fingerprint density at radius 1 is 1.14 bits per heavy atom. The van der Waals surface area contributed by atoms with Crippen molar-refractivity contribution in [2.75, 3.05) is 23.4 Å². The first-order valence-corrected chi connectivity index (χ1v) is 10.7. The molecule has 2 fully saturated rings. The summed E-state index contributed by atoms with van der Waals surface area (Å²) >= 11 is 1.46. The Morgan fingerprint density at radius 3 is 2.64 bits per heavy atom. The lowest BCUT2D eigenvalue weighted by Crippen LogP contribution is -2.23. The minimum Gasteiger partial charge on any atom is -0.484 e. The Bertz CT molecular complexity index is 830. The van der Waals surface area contributed by atoms with E-state index in [1.165, 1.54) is 30.6 Å². The van der Waals surface area contributed by atoms with E-state index in [1.54, 1.807) is 17.0 Å². The van der Waals surface area contributed by atoms with Gasteiger partial charge < -0.3 is 9.64 Å². The number of rotatable bonds is 6. The fourth-order valence-corrected chi connectivity index (χ4v) is 4.68. The van der Waals surface area contributed by atoms with E-state index < -0.39 is 0 Å². The van der Waals surface area contributed by atoms with Gasteiger partial charge in [0.25, 0.3) is 5.91 Å². The summed E-state index contributed by atoms with van der Waals surface area (Å²) in [4.78, 5) is 25.7. The molecule has 2 heterocycles. The third kappa shape index (κ3) is 4.49. The van der Waals surface area contributed by atoms with Crippen molar-refractivity contribution in [3.63, 3.8) is 0 Å². The second-order valence-corrected chi connectivity index (χ2v) is 8.27. The molecule has 1 saturated heterocycles. The Morgan fingerprint density at radius 2 is 1.93 bits per heavy atom. The molecular weight excluding hydrogens is 376 g/mol. The second kappa shape index (κ2) is 8.68. The maximum absolute atomic E-state index is 12.1. The van der Waals surface area contributed by atoms with Gasteiger partial charge in [0.1, 0.15) is 10.8 Å². The van der Waals surface area contributed by atoms with Crippen molar-refractivity contribution in [3.05, 3.63) is 29.3 Å². The van der Waals surface area contributed by atoms with E-state index in [0.29, 0.717) is 23.2 Å². The van der Waals surface area contributed by atoms with Gasteiger partial charge in [-0.2, -0.15) is 0 Å². The van der Waals surface area contributed by atoms with E-state index >= 15 is 0 Å². The molecule has 2 aliphatic rings. The second-order valence-electron chi connectivity index (χ2n) is 7.26. The van der Waals surface area contributed by atoms with Crippen molar-refractivity contribution in [2.24, 2.45) is 0 Å². The van der Waals surface area contributed by atoms with Crippen LogP contribution in [0.2, 0.25) is 0 Å². The topological polar surface area (TPSA) is 84.4 Å². The minimum absolute atomic E-state index is 0.0969. The molecule has 0 atom stereocenters. The molecule has 8 heteroatoms. The summed E-state index contributed by atoms with van der Waals surface area (Å²) in [6.07, 6.45) is 7.59. The lowest BCUT2D eigenvalue weighted by Gasteiger charge is -2.18. The largest absolute Gasteiger partial charge is 0.484 e. The first-order chi connectivity index (χ1) is 13.7. The van der Waals surface area contributed by atoms with Gasteiger partial charge in [-0.3, -0.25) is 14.9 Å². The van der Waals surface area contributed by atoms with Crippen LogP contribution in [0.25, 0.3) is 0 Å². The fraction of sp³-hybridized carbons (Fsp3) is 0.500. The van der Waals surface area contributed by atoms with E-state index in [9.17, 15) is 9.59 Å². The van der Waals surface area contributed by atoms with Crippen LogP contribution in [0.15, 0.2) is 24.3 Å². The van der Waals surface area contributed by atoms with Crippen LogP contribution < -0.4 is 15.0 Å². The highest BCUT2D eigenvalue weighted by atomic mass is 32.1. The van der Waals surface area contributed by atoms with E-state index in [2.05, 4.69) is 15.5 Å². The summed E-state index contributed by atoms with van der Waals surface area (Å²) in [6.45, 7) is 0.659. The average molecular weight is 401 g/mol. The van der Waals surface area contributed by atoms with Gasteiger partial charge in [-0.05, 0) is 43.5 Å². The molecule has 0 bridgehead atoms. The molecule has 1 aliphatic heterocycles. The first kappa shape index (κ1) is 18.9. The molecule has 2 aromatic rings. The number of nitrogens with zero attached hydrogens (tertiary/aromatic N) is 3. The summed E-state index contributed by atoms with van der Waals surface area (Å²) in [5.41, 5.74) is 0.864. The van der Waals surface area contributed by atoms with Gasteiger partial charge in [-0.1, -0.05) is 30.6 Å². The molecule has 0 spiro atoms. The van der Waals surface area contributed by atoms with Crippen LogP contribution in [-0.4, -0.2) is 35.2 Å². The molecule has 4 rings (SSSR count). The Hall–Kier alpha value is -2.48. The van der Waals surface area contributed by atoms with Crippen molar-refractivity contribution < 1.29 is 14.3 Å². The van der Waals surface area contributed by atoms with E-state index in [-0.39, 0.29) is 18.4 Å². The minimum atomic E-state index is -0.259. The van der Waals surface area contributed by atoms with Crippen LogP contribution in [0.1, 0.15) is 55.9 Å². The van der Waals surface area contributed by atoms with E-state index in [1.807, 2.05) is 12.1 Å².